The van der Waals surface area contributed by atoms with Gasteiger partial charge in [-0.3, -0.25) is 0 Å². The first-order valence-electron chi connectivity index (χ1n) is 5.59. The molecule has 0 aliphatic heterocycles. The summed E-state index contributed by atoms with van der Waals surface area (Å²) in [6.45, 7) is 1.80. The molecule has 0 bridgehead atoms. The lowest BCUT2D eigenvalue weighted by Crippen LogP contribution is -2.26. The second-order valence-electron chi connectivity index (χ2n) is 4.01. The van der Waals surface area contributed by atoms with Crippen LogP contribution in [0.4, 0.5) is 0 Å². The van der Waals surface area contributed by atoms with Crippen molar-refractivity contribution in [3.8, 4) is 6.07 Å². The molecule has 0 spiro atoms. The standard InChI is InChI=1S/C12H16N2O3S/c1-10(15)7-9-14-18(16,17)12-4-2-11(3-5-12)6-8-13/h2-5,10,14-15H,6-7,9H2,1H3. The number of nitrogens with one attached hydrogen (secondary N) is 1. The minimum absolute atomic E-state index is 0.162. The minimum atomic E-state index is -3.53. The second kappa shape index (κ2) is 6.50. The van der Waals surface area contributed by atoms with Gasteiger partial charge in [-0.05, 0) is 31.0 Å². The largest absolute Gasteiger partial charge is 0.393 e. The van der Waals surface area contributed by atoms with E-state index in [1.165, 1.54) is 12.1 Å². The van der Waals surface area contributed by atoms with Crippen LogP contribution in [0, 0.1) is 11.3 Å². The number of hydrogen-bond acceptors (Lipinski definition) is 4. The van der Waals surface area contributed by atoms with Gasteiger partial charge in [-0.1, -0.05) is 12.1 Å². The lowest BCUT2D eigenvalue weighted by atomic mass is 10.2. The van der Waals surface area contributed by atoms with Gasteiger partial charge >= 0.3 is 0 Å². The van der Waals surface area contributed by atoms with Crippen molar-refractivity contribution in [1.29, 1.82) is 5.26 Å². The third-order valence-electron chi connectivity index (χ3n) is 2.37. The molecular formula is C12H16N2O3S. The number of aliphatic hydroxyl groups is 1. The van der Waals surface area contributed by atoms with Gasteiger partial charge in [-0.15, -0.1) is 0 Å². The van der Waals surface area contributed by atoms with E-state index in [2.05, 4.69) is 4.72 Å². The van der Waals surface area contributed by atoms with Crippen molar-refractivity contribution in [2.24, 2.45) is 0 Å². The Hall–Kier alpha value is -1.42. The summed E-state index contributed by atoms with van der Waals surface area (Å²) in [7, 11) is -3.53. The highest BCUT2D eigenvalue weighted by atomic mass is 32.2. The van der Waals surface area contributed by atoms with Gasteiger partial charge in [0.05, 0.1) is 23.5 Å². The molecule has 1 rings (SSSR count). The smallest absolute Gasteiger partial charge is 0.240 e. The Balaban J connectivity index is 2.70. The number of benzene rings is 1. The number of aliphatic hydroxyl groups excluding tert-OH is 1. The molecule has 1 atom stereocenters. The van der Waals surface area contributed by atoms with Crippen molar-refractivity contribution in [1.82, 2.24) is 4.72 Å². The normalized spacial score (nSPS) is 12.9. The Morgan fingerprint density at radius 2 is 2.00 bits per heavy atom. The first-order chi connectivity index (χ1) is 8.45. The Bertz CT molecular complexity index is 515. The molecule has 0 aromatic heterocycles. The summed E-state index contributed by atoms with van der Waals surface area (Å²) in [5.74, 6) is 0. The number of sulfonamides is 1. The maximum absolute atomic E-state index is 11.8. The third kappa shape index (κ3) is 4.45. The topological polar surface area (TPSA) is 90.2 Å². The summed E-state index contributed by atoms with van der Waals surface area (Å²) >= 11 is 0. The zero-order valence-corrected chi connectivity index (χ0v) is 10.9. The summed E-state index contributed by atoms with van der Waals surface area (Å²) in [6, 6.07) is 8.17. The number of nitriles is 1. The first kappa shape index (κ1) is 14.6. The molecule has 1 unspecified atom stereocenters. The highest BCUT2D eigenvalue weighted by Gasteiger charge is 2.13. The summed E-state index contributed by atoms with van der Waals surface area (Å²) < 4.78 is 26.1. The van der Waals surface area contributed by atoms with Crippen molar-refractivity contribution in [2.75, 3.05) is 6.54 Å². The van der Waals surface area contributed by atoms with E-state index in [0.29, 0.717) is 6.42 Å². The fourth-order valence-corrected chi connectivity index (χ4v) is 2.41. The van der Waals surface area contributed by atoms with Crippen LogP contribution in [0.3, 0.4) is 0 Å². The van der Waals surface area contributed by atoms with Crippen LogP contribution < -0.4 is 4.72 Å². The quantitative estimate of drug-likeness (QED) is 0.798. The Kier molecular flexibility index (Phi) is 5.28. The van der Waals surface area contributed by atoms with E-state index in [1.54, 1.807) is 19.1 Å². The van der Waals surface area contributed by atoms with Gasteiger partial charge in [0.2, 0.25) is 10.0 Å². The van der Waals surface area contributed by atoms with Gasteiger partial charge in [0, 0.05) is 6.54 Å². The third-order valence-corrected chi connectivity index (χ3v) is 3.85. The van der Waals surface area contributed by atoms with Crippen LogP contribution in [0.2, 0.25) is 0 Å². The van der Waals surface area contributed by atoms with Gasteiger partial charge in [0.15, 0.2) is 0 Å². The van der Waals surface area contributed by atoms with E-state index in [4.69, 9.17) is 10.4 Å². The molecule has 0 saturated carbocycles. The molecule has 0 amide bonds. The van der Waals surface area contributed by atoms with Crippen LogP contribution >= 0.6 is 0 Å². The van der Waals surface area contributed by atoms with Gasteiger partial charge in [-0.2, -0.15) is 5.26 Å². The van der Waals surface area contributed by atoms with Crippen LogP contribution in [0.15, 0.2) is 29.2 Å². The van der Waals surface area contributed by atoms with E-state index >= 15 is 0 Å². The fraction of sp³-hybridized carbons (Fsp3) is 0.417. The molecule has 0 aliphatic carbocycles. The monoisotopic (exact) mass is 268 g/mol. The Labute approximate surface area is 107 Å². The van der Waals surface area contributed by atoms with Crippen molar-refractivity contribution in [2.45, 2.75) is 30.8 Å². The number of rotatable bonds is 6. The molecule has 1 aromatic carbocycles. The molecule has 0 saturated heterocycles. The Morgan fingerprint density at radius 1 is 1.39 bits per heavy atom. The minimum Gasteiger partial charge on any atom is -0.393 e. The van der Waals surface area contributed by atoms with E-state index in [0.717, 1.165) is 5.56 Å². The van der Waals surface area contributed by atoms with Crippen molar-refractivity contribution >= 4 is 10.0 Å². The molecular weight excluding hydrogens is 252 g/mol. The molecule has 2 N–H and O–H groups in total. The summed E-state index contributed by atoms with van der Waals surface area (Å²) in [4.78, 5) is 0.162. The summed E-state index contributed by atoms with van der Waals surface area (Å²) in [5, 5.41) is 17.6. The molecule has 0 heterocycles. The SMILES string of the molecule is CC(O)CCNS(=O)(=O)c1ccc(CC#N)cc1. The number of nitrogens with zero attached hydrogens (tertiary/aromatic N) is 1. The zero-order chi connectivity index (χ0) is 13.6. The van der Waals surface area contributed by atoms with Crippen molar-refractivity contribution in [3.05, 3.63) is 29.8 Å². The highest BCUT2D eigenvalue weighted by Crippen LogP contribution is 2.10. The first-order valence-corrected chi connectivity index (χ1v) is 7.07. The molecule has 1 aromatic rings. The molecule has 98 valence electrons. The molecule has 0 radical (unpaired) electrons. The molecule has 0 aliphatic rings. The predicted molar refractivity (Wildman–Crippen MR) is 67.2 cm³/mol. The van der Waals surface area contributed by atoms with Crippen LogP contribution in [-0.2, 0) is 16.4 Å². The van der Waals surface area contributed by atoms with E-state index in [1.807, 2.05) is 6.07 Å². The van der Waals surface area contributed by atoms with Crippen LogP contribution in [0.1, 0.15) is 18.9 Å². The lowest BCUT2D eigenvalue weighted by Gasteiger charge is -2.08. The van der Waals surface area contributed by atoms with Gasteiger partial charge in [-0.25, -0.2) is 13.1 Å². The van der Waals surface area contributed by atoms with Gasteiger partial charge in [0.1, 0.15) is 0 Å². The van der Waals surface area contributed by atoms with Crippen LogP contribution in [0.5, 0.6) is 0 Å². The van der Waals surface area contributed by atoms with E-state index < -0.39 is 16.1 Å². The van der Waals surface area contributed by atoms with Crippen LogP contribution in [0.25, 0.3) is 0 Å². The van der Waals surface area contributed by atoms with Gasteiger partial charge in [0.25, 0.3) is 0 Å². The molecule has 5 nitrogen and oxygen atoms in total. The lowest BCUT2D eigenvalue weighted by molar-refractivity contribution is 0.186. The second-order valence-corrected chi connectivity index (χ2v) is 5.78. The summed E-state index contributed by atoms with van der Waals surface area (Å²) in [6.07, 6.45) is 0.0901. The Morgan fingerprint density at radius 3 is 2.50 bits per heavy atom. The van der Waals surface area contributed by atoms with Gasteiger partial charge < -0.3 is 5.11 Å². The molecule has 18 heavy (non-hydrogen) atoms. The van der Waals surface area contributed by atoms with Crippen molar-refractivity contribution < 1.29 is 13.5 Å². The average molecular weight is 268 g/mol. The maximum atomic E-state index is 11.8. The van der Waals surface area contributed by atoms with Crippen LogP contribution in [-0.4, -0.2) is 26.2 Å². The average Bonchev–Trinajstić information content (AvgIpc) is 2.29. The fourth-order valence-electron chi connectivity index (χ4n) is 1.36. The zero-order valence-electron chi connectivity index (χ0n) is 10.1. The maximum Gasteiger partial charge on any atom is 0.240 e. The molecule has 0 fully saturated rings. The highest BCUT2D eigenvalue weighted by molar-refractivity contribution is 7.89. The molecule has 6 heteroatoms. The van der Waals surface area contributed by atoms with Crippen molar-refractivity contribution in [3.63, 3.8) is 0 Å². The number of hydrogen-bond donors (Lipinski definition) is 2. The predicted octanol–water partition coefficient (Wildman–Crippen LogP) is 0.802. The van der Waals surface area contributed by atoms with E-state index in [9.17, 15) is 8.42 Å². The van der Waals surface area contributed by atoms with E-state index in [-0.39, 0.29) is 17.9 Å². The summed E-state index contributed by atoms with van der Waals surface area (Å²) in [5.41, 5.74) is 0.778.